The first-order valence-corrected chi connectivity index (χ1v) is 8.16. The molecule has 2 aromatic rings. The molecule has 7 heteroatoms. The van der Waals surface area contributed by atoms with E-state index in [2.05, 4.69) is 10.6 Å². The molecule has 1 atom stereocenters. The number of rotatable bonds is 3. The summed E-state index contributed by atoms with van der Waals surface area (Å²) in [5.74, 6) is -0.0413. The maximum Gasteiger partial charge on any atom is 0.319 e. The minimum absolute atomic E-state index is 0.0413. The number of urea groups is 1. The maximum absolute atomic E-state index is 12.2. The number of para-hydroxylation sites is 1. The van der Waals surface area contributed by atoms with Gasteiger partial charge in [0.15, 0.2) is 0 Å². The molecule has 1 aliphatic heterocycles. The van der Waals surface area contributed by atoms with Crippen LogP contribution in [-0.4, -0.2) is 24.5 Å². The van der Waals surface area contributed by atoms with Gasteiger partial charge in [-0.2, -0.15) is 0 Å². The summed E-state index contributed by atoms with van der Waals surface area (Å²) in [6.45, 7) is 0.413. The molecular formula is C17H15Cl2N3O2. The number of hydrogen-bond donors (Lipinski definition) is 2. The lowest BCUT2D eigenvalue weighted by atomic mass is 10.2. The third-order valence-electron chi connectivity index (χ3n) is 3.72. The quantitative estimate of drug-likeness (QED) is 0.867. The number of hydrogen-bond acceptors (Lipinski definition) is 2. The lowest BCUT2D eigenvalue weighted by Crippen LogP contribution is -2.39. The zero-order chi connectivity index (χ0) is 17.1. The van der Waals surface area contributed by atoms with Crippen LogP contribution in [0, 0.1) is 0 Å². The summed E-state index contributed by atoms with van der Waals surface area (Å²) >= 11 is 11.9. The molecule has 1 saturated heterocycles. The molecule has 0 bridgehead atoms. The van der Waals surface area contributed by atoms with E-state index >= 15 is 0 Å². The van der Waals surface area contributed by atoms with Crippen LogP contribution >= 0.6 is 23.2 Å². The van der Waals surface area contributed by atoms with Crippen LogP contribution in [0.2, 0.25) is 10.0 Å². The first-order valence-electron chi connectivity index (χ1n) is 7.41. The summed E-state index contributed by atoms with van der Waals surface area (Å²) in [6.07, 6.45) is 0.249. The highest BCUT2D eigenvalue weighted by Gasteiger charge is 2.31. The SMILES string of the molecule is O=C(Nc1ccccc1Cl)N[C@@H]1CC(=O)N(c2ccc(Cl)cc2)C1. The fourth-order valence-electron chi connectivity index (χ4n) is 2.58. The molecule has 5 nitrogen and oxygen atoms in total. The van der Waals surface area contributed by atoms with Crippen molar-refractivity contribution in [2.45, 2.75) is 12.5 Å². The van der Waals surface area contributed by atoms with Gasteiger partial charge in [0.05, 0.1) is 16.8 Å². The van der Waals surface area contributed by atoms with E-state index in [9.17, 15) is 9.59 Å². The monoisotopic (exact) mass is 363 g/mol. The van der Waals surface area contributed by atoms with Crippen molar-refractivity contribution in [2.24, 2.45) is 0 Å². The summed E-state index contributed by atoms with van der Waals surface area (Å²) in [6, 6.07) is 13.3. The highest BCUT2D eigenvalue weighted by Crippen LogP contribution is 2.24. The van der Waals surface area contributed by atoms with Crippen molar-refractivity contribution in [2.75, 3.05) is 16.8 Å². The molecule has 0 unspecified atom stereocenters. The number of nitrogens with zero attached hydrogens (tertiary/aromatic N) is 1. The van der Waals surface area contributed by atoms with Crippen LogP contribution in [0.3, 0.4) is 0 Å². The zero-order valence-electron chi connectivity index (χ0n) is 12.6. The predicted molar refractivity (Wildman–Crippen MR) is 95.8 cm³/mol. The average Bonchev–Trinajstić information content (AvgIpc) is 2.90. The van der Waals surface area contributed by atoms with Gasteiger partial charge in [0.25, 0.3) is 0 Å². The van der Waals surface area contributed by atoms with E-state index in [0.29, 0.717) is 22.3 Å². The highest BCUT2D eigenvalue weighted by atomic mass is 35.5. The molecule has 0 saturated carbocycles. The average molecular weight is 364 g/mol. The molecule has 0 aliphatic carbocycles. The molecule has 124 valence electrons. The molecule has 1 fully saturated rings. The summed E-state index contributed by atoms with van der Waals surface area (Å²) in [7, 11) is 0. The van der Waals surface area contributed by atoms with E-state index in [4.69, 9.17) is 23.2 Å². The molecule has 0 spiro atoms. The topological polar surface area (TPSA) is 61.4 Å². The van der Waals surface area contributed by atoms with Crippen molar-refractivity contribution in [3.63, 3.8) is 0 Å². The largest absolute Gasteiger partial charge is 0.333 e. The van der Waals surface area contributed by atoms with Crippen LogP contribution in [0.4, 0.5) is 16.2 Å². The minimum Gasteiger partial charge on any atom is -0.333 e. The lowest BCUT2D eigenvalue weighted by Gasteiger charge is -2.17. The Bertz CT molecular complexity index is 765. The molecule has 1 aliphatic rings. The Balaban J connectivity index is 1.61. The van der Waals surface area contributed by atoms with Gasteiger partial charge in [0, 0.05) is 23.7 Å². The number of nitrogens with one attached hydrogen (secondary N) is 2. The van der Waals surface area contributed by atoms with Gasteiger partial charge in [-0.25, -0.2) is 4.79 Å². The number of carbonyl (C=O) groups excluding carboxylic acids is 2. The van der Waals surface area contributed by atoms with Crippen molar-refractivity contribution in [3.8, 4) is 0 Å². The van der Waals surface area contributed by atoms with E-state index < -0.39 is 0 Å². The summed E-state index contributed by atoms with van der Waals surface area (Å²) in [5, 5.41) is 6.55. The van der Waals surface area contributed by atoms with Crippen molar-refractivity contribution in [1.82, 2.24) is 5.32 Å². The van der Waals surface area contributed by atoms with Gasteiger partial charge in [-0.1, -0.05) is 35.3 Å². The summed E-state index contributed by atoms with van der Waals surface area (Å²) in [4.78, 5) is 25.9. The van der Waals surface area contributed by atoms with Crippen LogP contribution in [0.1, 0.15) is 6.42 Å². The molecule has 2 aromatic carbocycles. The van der Waals surface area contributed by atoms with Gasteiger partial charge in [-0.05, 0) is 36.4 Å². The first-order chi connectivity index (χ1) is 11.5. The van der Waals surface area contributed by atoms with Crippen molar-refractivity contribution >= 4 is 46.5 Å². The fraction of sp³-hybridized carbons (Fsp3) is 0.176. The van der Waals surface area contributed by atoms with Crippen LogP contribution in [0.15, 0.2) is 48.5 Å². The second-order valence-electron chi connectivity index (χ2n) is 5.46. The van der Waals surface area contributed by atoms with Crippen LogP contribution < -0.4 is 15.5 Å². The molecule has 0 radical (unpaired) electrons. The normalized spacial score (nSPS) is 17.0. The van der Waals surface area contributed by atoms with Crippen molar-refractivity contribution in [3.05, 3.63) is 58.6 Å². The number of anilines is 2. The van der Waals surface area contributed by atoms with E-state index in [0.717, 1.165) is 5.69 Å². The van der Waals surface area contributed by atoms with E-state index in [-0.39, 0.29) is 24.4 Å². The van der Waals surface area contributed by atoms with E-state index in [1.54, 1.807) is 53.4 Å². The number of carbonyl (C=O) groups is 2. The van der Waals surface area contributed by atoms with E-state index in [1.807, 2.05) is 0 Å². The van der Waals surface area contributed by atoms with Gasteiger partial charge in [-0.15, -0.1) is 0 Å². The number of benzene rings is 2. The molecule has 1 heterocycles. The Morgan fingerprint density at radius 2 is 1.79 bits per heavy atom. The molecule has 24 heavy (non-hydrogen) atoms. The van der Waals surface area contributed by atoms with E-state index in [1.165, 1.54) is 0 Å². The molecule has 3 amide bonds. The fourth-order valence-corrected chi connectivity index (χ4v) is 2.89. The second kappa shape index (κ2) is 7.11. The summed E-state index contributed by atoms with van der Waals surface area (Å²) in [5.41, 5.74) is 1.29. The van der Waals surface area contributed by atoms with Gasteiger partial charge in [0.2, 0.25) is 5.91 Å². The van der Waals surface area contributed by atoms with Gasteiger partial charge in [-0.3, -0.25) is 4.79 Å². The van der Waals surface area contributed by atoms with Crippen molar-refractivity contribution < 1.29 is 9.59 Å². The minimum atomic E-state index is -0.390. The lowest BCUT2D eigenvalue weighted by molar-refractivity contribution is -0.117. The third-order valence-corrected chi connectivity index (χ3v) is 4.30. The van der Waals surface area contributed by atoms with Crippen LogP contribution in [0.5, 0.6) is 0 Å². The Hall–Kier alpha value is -2.24. The van der Waals surface area contributed by atoms with Gasteiger partial charge >= 0.3 is 6.03 Å². The zero-order valence-corrected chi connectivity index (χ0v) is 14.1. The highest BCUT2D eigenvalue weighted by molar-refractivity contribution is 6.33. The molecule has 3 rings (SSSR count). The van der Waals surface area contributed by atoms with Gasteiger partial charge in [0.1, 0.15) is 0 Å². The third kappa shape index (κ3) is 3.80. The number of amides is 3. The standard InChI is InChI=1S/C17H15Cl2N3O2/c18-11-5-7-13(8-6-11)22-10-12(9-16(22)23)20-17(24)21-15-4-2-1-3-14(15)19/h1-8,12H,9-10H2,(H2,20,21,24)/t12-/m1/s1. The molecule has 0 aromatic heterocycles. The number of halogens is 2. The van der Waals surface area contributed by atoms with Crippen LogP contribution in [-0.2, 0) is 4.79 Å². The first kappa shape index (κ1) is 16.6. The Morgan fingerprint density at radius 1 is 1.08 bits per heavy atom. The Morgan fingerprint density at radius 3 is 2.50 bits per heavy atom. The van der Waals surface area contributed by atoms with Crippen LogP contribution in [0.25, 0.3) is 0 Å². The predicted octanol–water partition coefficient (Wildman–Crippen LogP) is 3.92. The van der Waals surface area contributed by atoms with Gasteiger partial charge < -0.3 is 15.5 Å². The maximum atomic E-state index is 12.2. The summed E-state index contributed by atoms with van der Waals surface area (Å²) < 4.78 is 0. The second-order valence-corrected chi connectivity index (χ2v) is 6.30. The molecule has 2 N–H and O–H groups in total. The smallest absolute Gasteiger partial charge is 0.319 e. The Labute approximate surface area is 149 Å². The molecular weight excluding hydrogens is 349 g/mol. The Kier molecular flexibility index (Phi) is 4.92. The van der Waals surface area contributed by atoms with Crippen molar-refractivity contribution in [1.29, 1.82) is 0 Å².